The van der Waals surface area contributed by atoms with Gasteiger partial charge in [0, 0.05) is 41.5 Å². The van der Waals surface area contributed by atoms with E-state index in [-0.39, 0.29) is 11.7 Å². The number of piperidine rings is 1. The second-order valence-electron chi connectivity index (χ2n) is 6.65. The second-order valence-corrected chi connectivity index (χ2v) is 8.74. The maximum absolute atomic E-state index is 14.3. The zero-order valence-electron chi connectivity index (χ0n) is 14.0. The van der Waals surface area contributed by atoms with Crippen molar-refractivity contribution in [2.24, 2.45) is 7.05 Å². The van der Waals surface area contributed by atoms with Gasteiger partial charge >= 0.3 is 0 Å². The third-order valence-electron chi connectivity index (χ3n) is 4.81. The molecule has 2 atom stereocenters. The number of nitrogens with zero attached hydrogens (tertiary/aromatic N) is 3. The first-order valence-electron chi connectivity index (χ1n) is 8.47. The van der Waals surface area contributed by atoms with Crippen molar-refractivity contribution in [3.63, 3.8) is 0 Å². The van der Waals surface area contributed by atoms with E-state index in [0.717, 1.165) is 43.3 Å². The number of hydrogen-bond donors (Lipinski definition) is 1. The highest BCUT2D eigenvalue weighted by molar-refractivity contribution is 7.28. The van der Waals surface area contributed by atoms with Crippen LogP contribution in [0.25, 0.3) is 31.0 Å². The van der Waals surface area contributed by atoms with Crippen LogP contribution in [-0.4, -0.2) is 34.0 Å². The zero-order valence-corrected chi connectivity index (χ0v) is 15.6. The molecule has 26 heavy (non-hydrogen) atoms. The number of benzene rings is 1. The predicted octanol–water partition coefficient (Wildman–Crippen LogP) is 4.47. The van der Waals surface area contributed by atoms with Gasteiger partial charge in [0.25, 0.3) is 0 Å². The number of thiophene rings is 1. The standard InChI is InChI=1S/C18H16F2N4S2/c1-24-8-10-4-9(5-12(19)16(10)23-24)17-22-18-15(26-17)6-14(25-18)11-2-3-21-7-13(11)20/h4-6,8,11,13,21H,2-3,7H2,1H3/t11-,13-/m1/s1. The molecule has 1 fully saturated rings. The van der Waals surface area contributed by atoms with Gasteiger partial charge in [-0.2, -0.15) is 5.10 Å². The first kappa shape index (κ1) is 16.3. The van der Waals surface area contributed by atoms with Gasteiger partial charge in [-0.25, -0.2) is 13.8 Å². The van der Waals surface area contributed by atoms with Crippen molar-refractivity contribution in [3.05, 3.63) is 35.1 Å². The van der Waals surface area contributed by atoms with Crippen LogP contribution in [0.2, 0.25) is 0 Å². The normalized spacial score (nSPS) is 21.0. The Bertz CT molecular complexity index is 1080. The van der Waals surface area contributed by atoms with Gasteiger partial charge < -0.3 is 5.32 Å². The van der Waals surface area contributed by atoms with Crippen LogP contribution in [0.3, 0.4) is 0 Å². The van der Waals surface area contributed by atoms with Crippen LogP contribution in [0.4, 0.5) is 8.78 Å². The Balaban J connectivity index is 1.53. The second kappa shape index (κ2) is 6.07. The molecule has 0 spiro atoms. The third kappa shape index (κ3) is 2.64. The number of nitrogens with one attached hydrogen (secondary N) is 1. The average Bonchev–Trinajstić information content (AvgIpc) is 3.27. The quantitative estimate of drug-likeness (QED) is 0.549. The van der Waals surface area contributed by atoms with Gasteiger partial charge in [0.15, 0.2) is 5.82 Å². The van der Waals surface area contributed by atoms with Gasteiger partial charge in [-0.1, -0.05) is 0 Å². The van der Waals surface area contributed by atoms with Gasteiger partial charge in [-0.05, 0) is 31.2 Å². The van der Waals surface area contributed by atoms with Crippen molar-refractivity contribution < 1.29 is 8.78 Å². The molecule has 1 aliphatic heterocycles. The highest BCUT2D eigenvalue weighted by Crippen LogP contribution is 2.41. The number of fused-ring (bicyclic) bond motifs is 2. The molecule has 0 amide bonds. The van der Waals surface area contributed by atoms with E-state index in [0.29, 0.717) is 12.1 Å². The van der Waals surface area contributed by atoms with Crippen LogP contribution in [0, 0.1) is 5.82 Å². The topological polar surface area (TPSA) is 42.7 Å². The van der Waals surface area contributed by atoms with Crippen molar-refractivity contribution in [1.82, 2.24) is 20.1 Å². The summed E-state index contributed by atoms with van der Waals surface area (Å²) in [6, 6.07) is 5.46. The van der Waals surface area contributed by atoms with E-state index in [2.05, 4.69) is 21.5 Å². The maximum atomic E-state index is 14.3. The Hall–Kier alpha value is -1.90. The first-order chi connectivity index (χ1) is 12.6. The van der Waals surface area contributed by atoms with E-state index in [4.69, 9.17) is 0 Å². The van der Waals surface area contributed by atoms with Gasteiger partial charge in [-0.15, -0.1) is 22.7 Å². The van der Waals surface area contributed by atoms with Gasteiger partial charge in [0.2, 0.25) is 0 Å². The number of rotatable bonds is 2. The predicted molar refractivity (Wildman–Crippen MR) is 102 cm³/mol. The molecule has 1 aromatic carbocycles. The van der Waals surface area contributed by atoms with E-state index in [1.807, 2.05) is 6.07 Å². The molecule has 4 nitrogen and oxygen atoms in total. The first-order valence-corrected chi connectivity index (χ1v) is 10.1. The Kier molecular flexibility index (Phi) is 3.80. The monoisotopic (exact) mass is 390 g/mol. The molecule has 0 unspecified atom stereocenters. The van der Waals surface area contributed by atoms with Gasteiger partial charge in [0.1, 0.15) is 21.5 Å². The Morgan fingerprint density at radius 3 is 2.96 bits per heavy atom. The summed E-state index contributed by atoms with van der Waals surface area (Å²) in [5.41, 5.74) is 1.12. The van der Waals surface area contributed by atoms with E-state index in [1.54, 1.807) is 29.3 Å². The highest BCUT2D eigenvalue weighted by Gasteiger charge is 2.28. The highest BCUT2D eigenvalue weighted by atomic mass is 32.1. The lowest BCUT2D eigenvalue weighted by Gasteiger charge is -2.25. The van der Waals surface area contributed by atoms with E-state index in [9.17, 15) is 8.78 Å². The number of aromatic nitrogens is 3. The van der Waals surface area contributed by atoms with E-state index >= 15 is 0 Å². The van der Waals surface area contributed by atoms with E-state index in [1.165, 1.54) is 17.4 Å². The number of thiazole rings is 1. The largest absolute Gasteiger partial charge is 0.314 e. The van der Waals surface area contributed by atoms with Crippen LogP contribution >= 0.6 is 22.7 Å². The van der Waals surface area contributed by atoms with Crippen LogP contribution < -0.4 is 5.32 Å². The third-order valence-corrected chi connectivity index (χ3v) is 7.15. The van der Waals surface area contributed by atoms with Crippen molar-refractivity contribution in [1.29, 1.82) is 0 Å². The molecule has 0 radical (unpaired) electrons. The van der Waals surface area contributed by atoms with Crippen LogP contribution in [-0.2, 0) is 7.05 Å². The molecule has 1 aliphatic rings. The summed E-state index contributed by atoms with van der Waals surface area (Å²) in [5, 5.41) is 8.77. The molecular weight excluding hydrogens is 374 g/mol. The minimum atomic E-state index is -0.849. The summed E-state index contributed by atoms with van der Waals surface area (Å²) < 4.78 is 31.2. The fraction of sp³-hybridized carbons (Fsp3) is 0.333. The Morgan fingerprint density at radius 1 is 1.27 bits per heavy atom. The summed E-state index contributed by atoms with van der Waals surface area (Å²) in [4.78, 5) is 6.65. The molecule has 3 aromatic heterocycles. The molecule has 134 valence electrons. The number of aryl methyl sites for hydroxylation is 1. The summed E-state index contributed by atoms with van der Waals surface area (Å²) in [7, 11) is 1.78. The molecule has 0 saturated carbocycles. The summed E-state index contributed by atoms with van der Waals surface area (Å²) >= 11 is 3.08. The lowest BCUT2D eigenvalue weighted by atomic mass is 9.95. The lowest BCUT2D eigenvalue weighted by molar-refractivity contribution is 0.233. The van der Waals surface area contributed by atoms with Crippen LogP contribution in [0.1, 0.15) is 17.2 Å². The van der Waals surface area contributed by atoms with Crippen molar-refractivity contribution >= 4 is 43.1 Å². The van der Waals surface area contributed by atoms with E-state index < -0.39 is 6.17 Å². The summed E-state index contributed by atoms with van der Waals surface area (Å²) in [6.07, 6.45) is 1.76. The van der Waals surface area contributed by atoms with Gasteiger partial charge in [-0.3, -0.25) is 4.68 Å². The Morgan fingerprint density at radius 2 is 2.15 bits per heavy atom. The van der Waals surface area contributed by atoms with Crippen LogP contribution in [0.15, 0.2) is 24.4 Å². The molecule has 0 aliphatic carbocycles. The molecule has 5 rings (SSSR count). The smallest absolute Gasteiger partial charge is 0.152 e. The minimum Gasteiger partial charge on any atom is -0.314 e. The minimum absolute atomic E-state index is 0.0460. The number of hydrogen-bond acceptors (Lipinski definition) is 5. The van der Waals surface area contributed by atoms with Crippen LogP contribution in [0.5, 0.6) is 0 Å². The molecule has 4 aromatic rings. The fourth-order valence-electron chi connectivity index (χ4n) is 3.54. The molecule has 8 heteroatoms. The van der Waals surface area contributed by atoms with Crippen molar-refractivity contribution in [2.75, 3.05) is 13.1 Å². The molecular formula is C18H16F2N4S2. The van der Waals surface area contributed by atoms with Crippen molar-refractivity contribution in [2.45, 2.75) is 18.5 Å². The lowest BCUT2D eigenvalue weighted by Crippen LogP contribution is -2.36. The number of halogens is 2. The zero-order chi connectivity index (χ0) is 17.8. The summed E-state index contributed by atoms with van der Waals surface area (Å²) in [6.45, 7) is 1.26. The maximum Gasteiger partial charge on any atom is 0.152 e. The van der Waals surface area contributed by atoms with Gasteiger partial charge in [0.05, 0.1) is 4.70 Å². The molecule has 0 bridgehead atoms. The number of alkyl halides is 1. The molecule has 1 saturated heterocycles. The fourth-order valence-corrected chi connectivity index (χ4v) is 5.93. The average molecular weight is 390 g/mol. The SMILES string of the molecule is Cn1cc2cc(-c3nc4sc([C@@H]5CCNC[C@H]5F)cc4s3)cc(F)c2n1. The summed E-state index contributed by atoms with van der Waals surface area (Å²) in [5.74, 6) is -0.386. The Labute approximate surface area is 156 Å². The molecule has 4 heterocycles. The molecule has 1 N–H and O–H groups in total. The van der Waals surface area contributed by atoms with Crippen molar-refractivity contribution in [3.8, 4) is 10.6 Å².